The standard InChI is InChI=1S/C59H36N8O/c1-5-15-37(16-6-1)54-61-55(38-17-7-2-8-18-38)63-58(62-54)44-24-13-23-43(33-44)45-25-14-26-52-53(45)48-35-42(28-30-51(48)68-52)41-27-29-49-47(34-41)46-31-32-60-36-50(46)67(49)59-65-56(39-19-9-3-10-20-39)64-57(66-59)40-21-11-4-12-22-40/h1-36H. The molecular weight excluding hydrogens is 837 g/mol. The molecule has 0 aliphatic rings. The smallest absolute Gasteiger partial charge is 0.238 e. The van der Waals surface area contributed by atoms with Gasteiger partial charge >= 0.3 is 0 Å². The average Bonchev–Trinajstić information content (AvgIpc) is 3.97. The molecule has 0 aliphatic heterocycles. The highest BCUT2D eigenvalue weighted by Crippen LogP contribution is 2.41. The third kappa shape index (κ3) is 6.85. The van der Waals surface area contributed by atoms with Crippen LogP contribution < -0.4 is 0 Å². The van der Waals surface area contributed by atoms with Crippen molar-refractivity contribution in [3.8, 4) is 85.1 Å². The maximum Gasteiger partial charge on any atom is 0.238 e. The summed E-state index contributed by atoms with van der Waals surface area (Å²) in [6.07, 6.45) is 3.72. The molecule has 9 nitrogen and oxygen atoms in total. The number of nitrogens with zero attached hydrogens (tertiary/aromatic N) is 8. The number of furan rings is 1. The van der Waals surface area contributed by atoms with Crippen LogP contribution in [0.5, 0.6) is 0 Å². The Hall–Kier alpha value is -9.47. The van der Waals surface area contributed by atoms with E-state index >= 15 is 0 Å². The molecule has 0 saturated carbocycles. The maximum atomic E-state index is 6.55. The topological polar surface area (TPSA) is 108 Å². The van der Waals surface area contributed by atoms with Crippen LogP contribution in [0.3, 0.4) is 0 Å². The van der Waals surface area contributed by atoms with Gasteiger partial charge in [-0.15, -0.1) is 0 Å². The largest absolute Gasteiger partial charge is 0.456 e. The summed E-state index contributed by atoms with van der Waals surface area (Å²) in [5, 5.41) is 4.16. The summed E-state index contributed by atoms with van der Waals surface area (Å²) in [5.74, 6) is 3.55. The lowest BCUT2D eigenvalue weighted by molar-refractivity contribution is 0.669. The first-order valence-electron chi connectivity index (χ1n) is 22.4. The Morgan fingerprint density at radius 3 is 1.43 bits per heavy atom. The van der Waals surface area contributed by atoms with Crippen molar-refractivity contribution in [2.45, 2.75) is 0 Å². The zero-order chi connectivity index (χ0) is 45.0. The minimum absolute atomic E-state index is 0.519. The van der Waals surface area contributed by atoms with Crippen molar-refractivity contribution in [1.82, 2.24) is 39.5 Å². The fourth-order valence-corrected chi connectivity index (χ4v) is 9.17. The van der Waals surface area contributed by atoms with Crippen molar-refractivity contribution >= 4 is 43.7 Å². The van der Waals surface area contributed by atoms with Crippen molar-refractivity contribution in [2.75, 3.05) is 0 Å². The average molecular weight is 873 g/mol. The second kappa shape index (κ2) is 16.2. The SMILES string of the molecule is c1ccc(-c2nc(-c3ccccc3)nc(-c3cccc(-c4cccc5oc6ccc(-c7ccc8c(c7)c7ccncc7n8-c7nc(-c8ccccc8)nc(-c8ccccc8)n7)cc6c45)c3)n2)cc1. The predicted octanol–water partition coefficient (Wildman–Crippen LogP) is 14.1. The van der Waals surface area contributed by atoms with E-state index in [2.05, 4.69) is 82.3 Å². The Morgan fingerprint density at radius 1 is 0.324 bits per heavy atom. The van der Waals surface area contributed by atoms with Crippen molar-refractivity contribution in [3.63, 3.8) is 0 Å². The minimum Gasteiger partial charge on any atom is -0.456 e. The molecule has 0 aliphatic carbocycles. The van der Waals surface area contributed by atoms with Crippen LogP contribution in [0.15, 0.2) is 223 Å². The van der Waals surface area contributed by atoms with Crippen molar-refractivity contribution in [3.05, 3.63) is 219 Å². The number of benzene rings is 8. The molecule has 68 heavy (non-hydrogen) atoms. The van der Waals surface area contributed by atoms with Gasteiger partial charge in [0.05, 0.1) is 17.2 Å². The monoisotopic (exact) mass is 872 g/mol. The van der Waals surface area contributed by atoms with Crippen LogP contribution in [0, 0.1) is 0 Å². The summed E-state index contributed by atoms with van der Waals surface area (Å²) in [6.45, 7) is 0. The number of pyridine rings is 1. The highest BCUT2D eigenvalue weighted by atomic mass is 16.3. The van der Waals surface area contributed by atoms with Gasteiger partial charge in [0.2, 0.25) is 5.95 Å². The second-order valence-corrected chi connectivity index (χ2v) is 16.6. The fraction of sp³-hybridized carbons (Fsp3) is 0. The Balaban J connectivity index is 0.926. The molecule has 0 fully saturated rings. The molecule has 13 aromatic rings. The molecule has 0 radical (unpaired) electrons. The zero-order valence-corrected chi connectivity index (χ0v) is 36.3. The van der Waals surface area contributed by atoms with Gasteiger partial charge in [-0.1, -0.05) is 164 Å². The summed E-state index contributed by atoms with van der Waals surface area (Å²) < 4.78 is 8.65. The predicted molar refractivity (Wildman–Crippen MR) is 271 cm³/mol. The number of rotatable bonds is 8. The minimum atomic E-state index is 0.519. The quantitative estimate of drug-likeness (QED) is 0.148. The van der Waals surface area contributed by atoms with E-state index in [9.17, 15) is 0 Å². The summed E-state index contributed by atoms with van der Waals surface area (Å²) in [5.41, 5.74) is 12.2. The summed E-state index contributed by atoms with van der Waals surface area (Å²) >= 11 is 0. The summed E-state index contributed by atoms with van der Waals surface area (Å²) in [7, 11) is 0. The van der Waals surface area contributed by atoms with Crippen LogP contribution in [0.25, 0.3) is 129 Å². The lowest BCUT2D eigenvalue weighted by Gasteiger charge is -2.11. The van der Waals surface area contributed by atoms with Gasteiger partial charge in [-0.2, -0.15) is 9.97 Å². The summed E-state index contributed by atoms with van der Waals surface area (Å²) in [4.78, 5) is 34.6. The molecule has 318 valence electrons. The number of aromatic nitrogens is 8. The Bertz CT molecular complexity index is 3910. The molecule has 0 atom stereocenters. The first-order chi connectivity index (χ1) is 33.7. The third-order valence-corrected chi connectivity index (χ3v) is 12.4. The Labute approximate surface area is 389 Å². The first kappa shape index (κ1) is 38.9. The molecule has 13 rings (SSSR count). The van der Waals surface area contributed by atoms with Crippen LogP contribution in [-0.2, 0) is 0 Å². The Morgan fingerprint density at radius 2 is 0.824 bits per heavy atom. The number of hydrogen-bond donors (Lipinski definition) is 0. The lowest BCUT2D eigenvalue weighted by atomic mass is 9.96. The van der Waals surface area contributed by atoms with Crippen LogP contribution >= 0.6 is 0 Å². The molecule has 0 saturated heterocycles. The summed E-state index contributed by atoms with van der Waals surface area (Å²) in [6, 6.07) is 69.9. The maximum absolute atomic E-state index is 6.55. The van der Waals surface area contributed by atoms with Crippen molar-refractivity contribution in [2.24, 2.45) is 0 Å². The highest BCUT2D eigenvalue weighted by molar-refractivity contribution is 6.14. The highest BCUT2D eigenvalue weighted by Gasteiger charge is 2.20. The number of fused-ring (bicyclic) bond motifs is 6. The van der Waals surface area contributed by atoms with Crippen molar-refractivity contribution in [1.29, 1.82) is 0 Å². The van der Waals surface area contributed by atoms with Crippen LogP contribution in [0.4, 0.5) is 0 Å². The van der Waals surface area contributed by atoms with Crippen LogP contribution in [-0.4, -0.2) is 39.5 Å². The van der Waals surface area contributed by atoms with E-state index in [1.54, 1.807) is 0 Å². The fourth-order valence-electron chi connectivity index (χ4n) is 9.17. The van der Waals surface area contributed by atoms with Gasteiger partial charge in [-0.25, -0.2) is 19.9 Å². The Kier molecular flexibility index (Phi) is 9.28. The van der Waals surface area contributed by atoms with E-state index in [1.807, 2.05) is 146 Å². The second-order valence-electron chi connectivity index (χ2n) is 16.6. The van der Waals surface area contributed by atoms with E-state index < -0.39 is 0 Å². The first-order valence-corrected chi connectivity index (χ1v) is 22.4. The molecule has 0 spiro atoms. The lowest BCUT2D eigenvalue weighted by Crippen LogP contribution is -2.06. The van der Waals surface area contributed by atoms with Gasteiger partial charge in [0.1, 0.15) is 11.2 Å². The van der Waals surface area contributed by atoms with Gasteiger partial charge < -0.3 is 4.42 Å². The zero-order valence-electron chi connectivity index (χ0n) is 36.3. The van der Waals surface area contributed by atoms with Gasteiger partial charge in [-0.3, -0.25) is 9.55 Å². The van der Waals surface area contributed by atoms with Crippen LogP contribution in [0.2, 0.25) is 0 Å². The molecule has 0 unspecified atom stereocenters. The molecule has 0 amide bonds. The van der Waals surface area contributed by atoms with Gasteiger partial charge in [-0.05, 0) is 64.7 Å². The van der Waals surface area contributed by atoms with Gasteiger partial charge in [0.15, 0.2) is 29.1 Å². The third-order valence-electron chi connectivity index (χ3n) is 12.4. The molecule has 9 heteroatoms. The molecule has 0 bridgehead atoms. The van der Waals surface area contributed by atoms with E-state index in [1.165, 1.54) is 0 Å². The van der Waals surface area contributed by atoms with Crippen LogP contribution in [0.1, 0.15) is 0 Å². The number of hydrogen-bond acceptors (Lipinski definition) is 8. The molecule has 5 aromatic heterocycles. The van der Waals surface area contributed by atoms with E-state index in [-0.39, 0.29) is 0 Å². The van der Waals surface area contributed by atoms with E-state index in [0.29, 0.717) is 35.1 Å². The van der Waals surface area contributed by atoms with Crippen molar-refractivity contribution < 1.29 is 4.42 Å². The molecular formula is C59H36N8O. The van der Waals surface area contributed by atoms with E-state index in [0.717, 1.165) is 93.8 Å². The van der Waals surface area contributed by atoms with Gasteiger partial charge in [0.25, 0.3) is 0 Å². The van der Waals surface area contributed by atoms with Gasteiger partial charge in [0, 0.05) is 55.6 Å². The molecule has 5 heterocycles. The van der Waals surface area contributed by atoms with E-state index in [4.69, 9.17) is 34.3 Å². The molecule has 8 aromatic carbocycles. The normalized spacial score (nSPS) is 11.5. The molecule has 0 N–H and O–H groups in total.